The number of hydrogen-bond donors (Lipinski definition) is 0. The highest BCUT2D eigenvalue weighted by molar-refractivity contribution is 7.99. The largest absolute Gasteiger partial charge is 0.253 e. The van der Waals surface area contributed by atoms with E-state index in [9.17, 15) is 0 Å². The molecular formula is C18H14N4S. The predicted octanol–water partition coefficient (Wildman–Crippen LogP) is 4.01. The van der Waals surface area contributed by atoms with Gasteiger partial charge in [-0.25, -0.2) is 9.50 Å². The number of nitrogens with zero attached hydrogens (tertiary/aromatic N) is 4. The van der Waals surface area contributed by atoms with Crippen molar-refractivity contribution in [1.29, 1.82) is 0 Å². The van der Waals surface area contributed by atoms with Gasteiger partial charge in [0.15, 0.2) is 0 Å². The predicted molar refractivity (Wildman–Crippen MR) is 91.4 cm³/mol. The van der Waals surface area contributed by atoms with Crippen LogP contribution in [0.15, 0.2) is 84.3 Å². The molecule has 0 fully saturated rings. The van der Waals surface area contributed by atoms with Crippen LogP contribution in [-0.2, 0) is 0 Å². The van der Waals surface area contributed by atoms with Gasteiger partial charge in [-0.2, -0.15) is 4.98 Å². The van der Waals surface area contributed by atoms with Crippen molar-refractivity contribution in [1.82, 2.24) is 19.6 Å². The number of rotatable bonds is 4. The lowest BCUT2D eigenvalue weighted by Gasteiger charge is -2.15. The second-order valence-corrected chi connectivity index (χ2v) is 6.15. The van der Waals surface area contributed by atoms with Crippen LogP contribution in [-0.4, -0.2) is 19.6 Å². The third-order valence-corrected chi connectivity index (χ3v) is 4.69. The lowest BCUT2D eigenvalue weighted by atomic mass is 10.0. The van der Waals surface area contributed by atoms with E-state index in [2.05, 4.69) is 63.6 Å². The summed E-state index contributed by atoms with van der Waals surface area (Å²) in [6.45, 7) is 0. The highest BCUT2D eigenvalue weighted by atomic mass is 32.2. The molecule has 2 aromatic heterocycles. The molecule has 112 valence electrons. The number of benzene rings is 2. The molecule has 0 saturated carbocycles. The highest BCUT2D eigenvalue weighted by Gasteiger charge is 2.18. The summed E-state index contributed by atoms with van der Waals surface area (Å²) in [5.41, 5.74) is 2.46. The van der Waals surface area contributed by atoms with Crippen molar-refractivity contribution in [3.05, 3.63) is 90.3 Å². The van der Waals surface area contributed by atoms with E-state index in [1.54, 1.807) is 22.5 Å². The van der Waals surface area contributed by atoms with Crippen LogP contribution in [0.2, 0.25) is 0 Å². The lowest BCUT2D eigenvalue weighted by molar-refractivity contribution is 0.877. The molecule has 2 aromatic carbocycles. The fourth-order valence-corrected chi connectivity index (χ4v) is 3.52. The zero-order valence-electron chi connectivity index (χ0n) is 12.3. The molecule has 0 amide bonds. The second kappa shape index (κ2) is 6.22. The monoisotopic (exact) mass is 318 g/mol. The van der Waals surface area contributed by atoms with Gasteiger partial charge in [0, 0.05) is 12.4 Å². The molecule has 0 saturated heterocycles. The number of thioether (sulfide) groups is 1. The fraction of sp³-hybridized carbons (Fsp3) is 0.0556. The SMILES string of the molecule is c1ccc(C(Sc2nc3ncccn3n2)c2ccccc2)cc1. The minimum atomic E-state index is 0.148. The third kappa shape index (κ3) is 2.96. The average molecular weight is 318 g/mol. The Kier molecular flexibility index (Phi) is 3.78. The van der Waals surface area contributed by atoms with Crippen molar-refractivity contribution in [3.8, 4) is 0 Å². The van der Waals surface area contributed by atoms with E-state index in [0.717, 1.165) is 5.16 Å². The van der Waals surface area contributed by atoms with Crippen molar-refractivity contribution in [2.75, 3.05) is 0 Å². The molecule has 0 bridgehead atoms. The molecule has 2 heterocycles. The van der Waals surface area contributed by atoms with Crippen LogP contribution in [0.4, 0.5) is 0 Å². The summed E-state index contributed by atoms with van der Waals surface area (Å²) in [4.78, 5) is 8.74. The zero-order valence-corrected chi connectivity index (χ0v) is 13.1. The van der Waals surface area contributed by atoms with Gasteiger partial charge in [-0.3, -0.25) is 0 Å². The maximum Gasteiger partial charge on any atom is 0.253 e. The van der Waals surface area contributed by atoms with E-state index in [1.165, 1.54) is 11.1 Å². The fourth-order valence-electron chi connectivity index (χ4n) is 2.45. The summed E-state index contributed by atoms with van der Waals surface area (Å²) in [7, 11) is 0. The van der Waals surface area contributed by atoms with Gasteiger partial charge in [-0.15, -0.1) is 5.10 Å². The standard InChI is InChI=1S/C18H14N4S/c1-3-8-14(9-4-1)16(15-10-5-2-6-11-15)23-18-20-17-19-12-7-13-22(17)21-18/h1-13,16H. The summed E-state index contributed by atoms with van der Waals surface area (Å²) >= 11 is 1.64. The van der Waals surface area contributed by atoms with Crippen molar-refractivity contribution in [2.24, 2.45) is 0 Å². The Morgan fingerprint density at radius 3 is 2.09 bits per heavy atom. The van der Waals surface area contributed by atoms with Crippen LogP contribution >= 0.6 is 11.8 Å². The quantitative estimate of drug-likeness (QED) is 0.533. The van der Waals surface area contributed by atoms with E-state index in [1.807, 2.05) is 24.4 Å². The van der Waals surface area contributed by atoms with Crippen molar-refractivity contribution >= 4 is 17.5 Å². The van der Waals surface area contributed by atoms with Gasteiger partial charge in [0.25, 0.3) is 5.78 Å². The molecule has 0 aliphatic carbocycles. The summed E-state index contributed by atoms with van der Waals surface area (Å²) in [5.74, 6) is 0.620. The first-order valence-electron chi connectivity index (χ1n) is 7.34. The molecule has 5 heteroatoms. The molecule has 0 aliphatic heterocycles. The second-order valence-electron chi connectivity index (χ2n) is 5.08. The molecule has 4 rings (SSSR count). The van der Waals surface area contributed by atoms with Crippen LogP contribution < -0.4 is 0 Å². The van der Waals surface area contributed by atoms with Gasteiger partial charge in [0.05, 0.1) is 5.25 Å². The normalized spacial score (nSPS) is 11.2. The van der Waals surface area contributed by atoms with Gasteiger partial charge in [-0.05, 0) is 17.2 Å². The Balaban J connectivity index is 1.73. The molecule has 4 nitrogen and oxygen atoms in total. The van der Waals surface area contributed by atoms with E-state index in [-0.39, 0.29) is 5.25 Å². The number of aromatic nitrogens is 4. The topological polar surface area (TPSA) is 43.1 Å². The number of fused-ring (bicyclic) bond motifs is 1. The minimum Gasteiger partial charge on any atom is -0.220 e. The zero-order chi connectivity index (χ0) is 15.5. The molecule has 4 aromatic rings. The van der Waals surface area contributed by atoms with Crippen molar-refractivity contribution in [2.45, 2.75) is 10.4 Å². The molecule has 0 unspecified atom stereocenters. The first-order valence-corrected chi connectivity index (χ1v) is 8.22. The average Bonchev–Trinajstić information content (AvgIpc) is 3.04. The summed E-state index contributed by atoms with van der Waals surface area (Å²) in [6.07, 6.45) is 3.59. The molecule has 0 spiro atoms. The van der Waals surface area contributed by atoms with E-state index < -0.39 is 0 Å². The first kappa shape index (κ1) is 14.0. The summed E-state index contributed by atoms with van der Waals surface area (Å²) in [5, 5.41) is 5.38. The minimum absolute atomic E-state index is 0.148. The summed E-state index contributed by atoms with van der Waals surface area (Å²) < 4.78 is 1.70. The van der Waals surface area contributed by atoms with Gasteiger partial charge >= 0.3 is 0 Å². The summed E-state index contributed by atoms with van der Waals surface area (Å²) in [6, 6.07) is 22.7. The van der Waals surface area contributed by atoms with E-state index in [0.29, 0.717) is 5.78 Å². The highest BCUT2D eigenvalue weighted by Crippen LogP contribution is 2.38. The maximum atomic E-state index is 4.51. The van der Waals surface area contributed by atoms with E-state index in [4.69, 9.17) is 0 Å². The van der Waals surface area contributed by atoms with Gasteiger partial charge < -0.3 is 0 Å². The van der Waals surface area contributed by atoms with Gasteiger partial charge in [0.2, 0.25) is 5.16 Å². The number of hydrogen-bond acceptors (Lipinski definition) is 4. The van der Waals surface area contributed by atoms with Crippen LogP contribution in [0.3, 0.4) is 0 Å². The molecular weight excluding hydrogens is 304 g/mol. The van der Waals surface area contributed by atoms with Crippen molar-refractivity contribution in [3.63, 3.8) is 0 Å². The Hall–Kier alpha value is -2.66. The van der Waals surface area contributed by atoms with Gasteiger partial charge in [-0.1, -0.05) is 72.4 Å². The molecule has 23 heavy (non-hydrogen) atoms. The van der Waals surface area contributed by atoms with Crippen LogP contribution in [0, 0.1) is 0 Å². The van der Waals surface area contributed by atoms with E-state index >= 15 is 0 Å². The van der Waals surface area contributed by atoms with Crippen LogP contribution in [0.5, 0.6) is 0 Å². The van der Waals surface area contributed by atoms with Crippen molar-refractivity contribution < 1.29 is 0 Å². The molecule has 0 radical (unpaired) electrons. The Morgan fingerprint density at radius 2 is 1.48 bits per heavy atom. The third-order valence-electron chi connectivity index (χ3n) is 3.53. The Morgan fingerprint density at radius 1 is 0.826 bits per heavy atom. The Bertz CT molecular complexity index is 833. The van der Waals surface area contributed by atoms with Gasteiger partial charge in [0.1, 0.15) is 0 Å². The molecule has 0 N–H and O–H groups in total. The first-order chi connectivity index (χ1) is 11.4. The molecule has 0 atom stereocenters. The molecule has 0 aliphatic rings. The smallest absolute Gasteiger partial charge is 0.220 e. The van der Waals surface area contributed by atoms with Crippen LogP contribution in [0.25, 0.3) is 5.78 Å². The van der Waals surface area contributed by atoms with Crippen LogP contribution in [0.1, 0.15) is 16.4 Å². The maximum absolute atomic E-state index is 4.51. The lowest BCUT2D eigenvalue weighted by Crippen LogP contribution is -1.97. The Labute approximate surface area is 138 Å².